The molecule has 0 atom stereocenters. The minimum Gasteiger partial charge on any atom is -0.489 e. The van der Waals surface area contributed by atoms with Crippen molar-refractivity contribution >= 4 is 17.5 Å². The molecule has 0 radical (unpaired) electrons. The Balaban J connectivity index is 1.72. The predicted octanol–water partition coefficient (Wildman–Crippen LogP) is 2.96. The van der Waals surface area contributed by atoms with E-state index in [-0.39, 0.29) is 41.3 Å². The van der Waals surface area contributed by atoms with Crippen LogP contribution < -0.4 is 10.1 Å². The molecule has 1 fully saturated rings. The maximum atomic E-state index is 12.8. The fourth-order valence-electron chi connectivity index (χ4n) is 4.44. The second-order valence-corrected chi connectivity index (χ2v) is 8.96. The molecule has 7 nitrogen and oxygen atoms in total. The van der Waals surface area contributed by atoms with Crippen molar-refractivity contribution in [2.45, 2.75) is 39.8 Å². The lowest BCUT2D eigenvalue weighted by Crippen LogP contribution is -2.74. The highest BCUT2D eigenvalue weighted by Crippen LogP contribution is 2.55. The lowest BCUT2D eigenvalue weighted by atomic mass is 9.49. The number of ether oxygens (including phenoxy) is 1. The Hall–Kier alpha value is -3.13. The van der Waals surface area contributed by atoms with E-state index < -0.39 is 0 Å². The van der Waals surface area contributed by atoms with Gasteiger partial charge >= 0.3 is 0 Å². The number of carbonyl (C=O) groups excluding carboxylic acids is 1. The molecule has 1 aliphatic rings. The molecule has 1 aliphatic carbocycles. The molecule has 2 N–H and O–H groups in total. The van der Waals surface area contributed by atoms with Crippen molar-refractivity contribution in [2.24, 2.45) is 10.8 Å². The number of nitrogens with one attached hydrogen (secondary N) is 1. The average Bonchev–Trinajstić information content (AvgIpc) is 2.74. The largest absolute Gasteiger partial charge is 0.489 e. The molecule has 0 spiro atoms. The van der Waals surface area contributed by atoms with Crippen LogP contribution in [0.5, 0.6) is 5.75 Å². The van der Waals surface area contributed by atoms with Crippen LogP contribution in [-0.2, 0) is 0 Å². The van der Waals surface area contributed by atoms with Gasteiger partial charge in [0.1, 0.15) is 24.5 Å². The van der Waals surface area contributed by atoms with Crippen LogP contribution in [0.3, 0.4) is 0 Å². The number of aromatic nitrogens is 2. The molecule has 0 saturated heterocycles. The van der Waals surface area contributed by atoms with Crippen LogP contribution in [0, 0.1) is 34.0 Å². The quantitative estimate of drug-likeness (QED) is 0.710. The molecule has 0 aliphatic heterocycles. The van der Waals surface area contributed by atoms with Gasteiger partial charge in [-0.1, -0.05) is 45.2 Å². The summed E-state index contributed by atoms with van der Waals surface area (Å²) in [6.07, 6.45) is 2.63. The van der Waals surface area contributed by atoms with Gasteiger partial charge < -0.3 is 15.2 Å². The van der Waals surface area contributed by atoms with Crippen LogP contribution >= 0.6 is 11.6 Å². The first-order valence-electron chi connectivity index (χ1n) is 9.70. The predicted molar refractivity (Wildman–Crippen MR) is 115 cm³/mol. The van der Waals surface area contributed by atoms with Gasteiger partial charge in [0.2, 0.25) is 5.82 Å². The maximum Gasteiger partial charge on any atom is 0.254 e. The summed E-state index contributed by atoms with van der Waals surface area (Å²) in [5.41, 5.74) is -0.0221. The molecule has 8 heteroatoms. The van der Waals surface area contributed by atoms with Crippen molar-refractivity contribution in [3.8, 4) is 23.7 Å². The Morgan fingerprint density at radius 3 is 2.45 bits per heavy atom. The molecule has 1 saturated carbocycles. The molecule has 31 heavy (non-hydrogen) atoms. The number of hydrogen-bond acceptors (Lipinski definition) is 6. The third kappa shape index (κ3) is 4.34. The minimum atomic E-state index is -0.368. The van der Waals surface area contributed by atoms with E-state index in [0.717, 1.165) is 0 Å². The molecule has 0 unspecified atom stereocenters. The Labute approximate surface area is 186 Å². The number of carbonyl (C=O) groups is 1. The standard InChI is InChI=1S/C23H23ClN4O3/c1-22(2)20(28-19(30)15-12-26-18(27-13-15)6-5-9-29)23(3,4)21(22)31-16-8-7-14(11-25)17(24)10-16/h7-8,10,12-13,20-21,29H,9H2,1-4H3,(H,28,30). The highest BCUT2D eigenvalue weighted by atomic mass is 35.5. The Morgan fingerprint density at radius 1 is 1.26 bits per heavy atom. The topological polar surface area (TPSA) is 108 Å². The zero-order valence-corrected chi connectivity index (χ0v) is 18.5. The summed E-state index contributed by atoms with van der Waals surface area (Å²) in [6, 6.07) is 6.85. The molecule has 2 aromatic rings. The lowest BCUT2D eigenvalue weighted by molar-refractivity contribution is -0.164. The number of nitriles is 1. The van der Waals surface area contributed by atoms with Crippen molar-refractivity contribution in [2.75, 3.05) is 6.61 Å². The van der Waals surface area contributed by atoms with Gasteiger partial charge in [-0.05, 0) is 18.1 Å². The minimum absolute atomic E-state index is 0.166. The van der Waals surface area contributed by atoms with Gasteiger partial charge in [0.15, 0.2) is 0 Å². The molecule has 1 aromatic heterocycles. The number of rotatable bonds is 4. The first kappa shape index (κ1) is 22.6. The van der Waals surface area contributed by atoms with E-state index in [1.807, 2.05) is 33.8 Å². The van der Waals surface area contributed by atoms with Gasteiger partial charge in [-0.2, -0.15) is 5.26 Å². The fraction of sp³-hybridized carbons (Fsp3) is 0.391. The van der Waals surface area contributed by atoms with Crippen molar-refractivity contribution in [1.82, 2.24) is 15.3 Å². The van der Waals surface area contributed by atoms with E-state index in [1.54, 1.807) is 18.2 Å². The number of amides is 1. The maximum absolute atomic E-state index is 12.8. The highest BCUT2D eigenvalue weighted by Gasteiger charge is 2.64. The molecule has 1 heterocycles. The van der Waals surface area contributed by atoms with Crippen molar-refractivity contribution in [3.63, 3.8) is 0 Å². The summed E-state index contributed by atoms with van der Waals surface area (Å²) in [5, 5.41) is 21.2. The molecular weight excluding hydrogens is 416 g/mol. The summed E-state index contributed by atoms with van der Waals surface area (Å²) in [7, 11) is 0. The summed E-state index contributed by atoms with van der Waals surface area (Å²) in [5.74, 6) is 5.59. The monoisotopic (exact) mass is 438 g/mol. The highest BCUT2D eigenvalue weighted by molar-refractivity contribution is 6.31. The second kappa shape index (κ2) is 8.55. The third-order valence-electron chi connectivity index (χ3n) is 5.62. The normalized spacial score (nSPS) is 20.4. The number of benzene rings is 1. The number of halogens is 1. The van der Waals surface area contributed by atoms with Gasteiger partial charge in [0.25, 0.3) is 5.91 Å². The molecule has 1 amide bonds. The summed E-state index contributed by atoms with van der Waals surface area (Å²) in [6.45, 7) is 7.84. The van der Waals surface area contributed by atoms with E-state index >= 15 is 0 Å². The summed E-state index contributed by atoms with van der Waals surface area (Å²) in [4.78, 5) is 20.8. The number of hydrogen-bond donors (Lipinski definition) is 2. The van der Waals surface area contributed by atoms with Crippen LogP contribution in [0.25, 0.3) is 0 Å². The fourth-order valence-corrected chi connectivity index (χ4v) is 4.65. The molecule has 1 aromatic carbocycles. The van der Waals surface area contributed by atoms with Crippen molar-refractivity contribution in [1.29, 1.82) is 5.26 Å². The van der Waals surface area contributed by atoms with E-state index in [4.69, 9.17) is 26.7 Å². The third-order valence-corrected chi connectivity index (χ3v) is 5.94. The lowest BCUT2D eigenvalue weighted by Gasteiger charge is -2.63. The van der Waals surface area contributed by atoms with Gasteiger partial charge in [-0.15, -0.1) is 0 Å². The Bertz CT molecular complexity index is 1080. The molecule has 0 bridgehead atoms. The Kier molecular flexibility index (Phi) is 6.22. The zero-order chi connectivity index (χ0) is 22.8. The van der Waals surface area contributed by atoms with E-state index in [0.29, 0.717) is 21.9 Å². The van der Waals surface area contributed by atoms with Crippen LogP contribution in [-0.4, -0.2) is 39.7 Å². The summed E-state index contributed by atoms with van der Waals surface area (Å²) >= 11 is 6.13. The van der Waals surface area contributed by atoms with Crippen LogP contribution in [0.15, 0.2) is 30.6 Å². The zero-order valence-electron chi connectivity index (χ0n) is 17.7. The second-order valence-electron chi connectivity index (χ2n) is 8.56. The first-order chi connectivity index (χ1) is 14.6. The molecule has 160 valence electrons. The number of nitrogens with zero attached hydrogens (tertiary/aromatic N) is 3. The van der Waals surface area contributed by atoms with Crippen LogP contribution in [0.2, 0.25) is 5.02 Å². The first-order valence-corrected chi connectivity index (χ1v) is 10.1. The Morgan fingerprint density at radius 2 is 1.90 bits per heavy atom. The van der Waals surface area contributed by atoms with Gasteiger partial charge in [0.05, 0.1) is 16.1 Å². The van der Waals surface area contributed by atoms with Gasteiger partial charge in [-0.3, -0.25) is 4.79 Å². The van der Waals surface area contributed by atoms with E-state index in [9.17, 15) is 4.79 Å². The smallest absolute Gasteiger partial charge is 0.254 e. The van der Waals surface area contributed by atoms with Crippen molar-refractivity contribution in [3.05, 3.63) is 52.6 Å². The molecular formula is C23H23ClN4O3. The van der Waals surface area contributed by atoms with E-state index in [1.165, 1.54) is 12.4 Å². The van der Waals surface area contributed by atoms with Crippen LogP contribution in [0.4, 0.5) is 0 Å². The van der Waals surface area contributed by atoms with E-state index in [2.05, 4.69) is 27.1 Å². The summed E-state index contributed by atoms with van der Waals surface area (Å²) < 4.78 is 6.23. The number of aliphatic hydroxyl groups excluding tert-OH is 1. The van der Waals surface area contributed by atoms with Gasteiger partial charge in [-0.25, -0.2) is 9.97 Å². The average molecular weight is 439 g/mol. The SMILES string of the molecule is CC1(C)C(NC(=O)c2cnc(C#CCO)nc2)C(C)(C)C1Oc1ccc(C#N)c(Cl)c1. The number of aliphatic hydroxyl groups is 1. The van der Waals surface area contributed by atoms with Crippen LogP contribution in [0.1, 0.15) is 49.4 Å². The van der Waals surface area contributed by atoms with Crippen molar-refractivity contribution < 1.29 is 14.6 Å². The van der Waals surface area contributed by atoms with Gasteiger partial charge in [0, 0.05) is 35.3 Å². The molecule has 3 rings (SSSR count).